The number of nitro benzene ring substituents is 1. The molecule has 1 atom stereocenters. The van der Waals surface area contributed by atoms with Crippen LogP contribution in [0, 0.1) is 10.1 Å². The summed E-state index contributed by atoms with van der Waals surface area (Å²) >= 11 is 0. The molecule has 0 aliphatic rings. The van der Waals surface area contributed by atoms with Crippen LogP contribution in [0.5, 0.6) is 0 Å². The molecule has 0 heterocycles. The van der Waals surface area contributed by atoms with Gasteiger partial charge in [-0.05, 0) is 26.2 Å². The molecule has 0 saturated carbocycles. The average Bonchev–Trinajstić information content (AvgIpc) is 2.58. The second-order valence-corrected chi connectivity index (χ2v) is 6.45. The zero-order valence-corrected chi connectivity index (χ0v) is 15.1. The third kappa shape index (κ3) is 5.94. The molecule has 0 saturated heterocycles. The molecule has 0 radical (unpaired) electrons. The molecule has 0 N–H and O–H groups in total. The van der Waals surface area contributed by atoms with Gasteiger partial charge in [0.05, 0.1) is 24.6 Å². The van der Waals surface area contributed by atoms with Crippen molar-refractivity contribution in [1.82, 2.24) is 4.48 Å². The molecule has 4 heteroatoms. The highest BCUT2D eigenvalue weighted by atomic mass is 16.6. The molecule has 0 aromatic heterocycles. The molecule has 1 aromatic rings. The van der Waals surface area contributed by atoms with Gasteiger partial charge in [0.25, 0.3) is 5.69 Å². The van der Waals surface area contributed by atoms with Crippen molar-refractivity contribution in [3.8, 4) is 0 Å². The minimum absolute atomic E-state index is 0.182. The minimum Gasteiger partial charge on any atom is -0.291 e. The summed E-state index contributed by atoms with van der Waals surface area (Å²) in [5.41, 5.74) is 1.41. The van der Waals surface area contributed by atoms with Crippen LogP contribution in [-0.4, -0.2) is 24.6 Å². The number of unbranched alkanes of at least 4 members (excludes halogenated alkanes) is 5. The Bertz CT molecular complexity index is 459. The maximum Gasteiger partial charge on any atom is 0.269 e. The molecule has 0 aliphatic heterocycles. The number of quaternary nitrogens is 1. The first-order valence-corrected chi connectivity index (χ1v) is 9.20. The lowest BCUT2D eigenvalue weighted by Crippen LogP contribution is -2.50. The molecule has 4 nitrogen and oxygen atoms in total. The lowest BCUT2D eigenvalue weighted by atomic mass is 10.1. The molecular formula is C19H33N2O2+. The van der Waals surface area contributed by atoms with Crippen LogP contribution >= 0.6 is 0 Å². The van der Waals surface area contributed by atoms with E-state index in [0.717, 1.165) is 24.1 Å². The Morgan fingerprint density at radius 1 is 0.870 bits per heavy atom. The molecule has 1 rings (SSSR count). The Balaban J connectivity index is 2.85. The van der Waals surface area contributed by atoms with E-state index in [0.29, 0.717) is 0 Å². The monoisotopic (exact) mass is 321 g/mol. The summed E-state index contributed by atoms with van der Waals surface area (Å²) < 4.78 is 0.956. The number of rotatable bonds is 12. The SMILES string of the molecule is CCCCCCC[N+](CC)(CCCC)c1ccc([N+](=O)[O-])cc1. The second-order valence-electron chi connectivity index (χ2n) is 6.45. The van der Waals surface area contributed by atoms with E-state index in [4.69, 9.17) is 0 Å². The van der Waals surface area contributed by atoms with E-state index in [1.165, 1.54) is 50.6 Å². The maximum atomic E-state index is 10.9. The fourth-order valence-corrected chi connectivity index (χ4v) is 3.24. The van der Waals surface area contributed by atoms with Crippen molar-refractivity contribution in [2.45, 2.75) is 65.7 Å². The summed E-state index contributed by atoms with van der Waals surface area (Å²) in [4.78, 5) is 10.6. The number of nitro groups is 1. The van der Waals surface area contributed by atoms with Crippen molar-refractivity contribution >= 4 is 11.4 Å². The largest absolute Gasteiger partial charge is 0.291 e. The molecule has 0 fully saturated rings. The van der Waals surface area contributed by atoms with E-state index >= 15 is 0 Å². The molecule has 0 bridgehead atoms. The highest BCUT2D eigenvalue weighted by Crippen LogP contribution is 2.27. The van der Waals surface area contributed by atoms with Crippen LogP contribution in [0.1, 0.15) is 65.7 Å². The van der Waals surface area contributed by atoms with Gasteiger partial charge in [-0.2, -0.15) is 0 Å². The summed E-state index contributed by atoms with van der Waals surface area (Å²) in [7, 11) is 0. The lowest BCUT2D eigenvalue weighted by molar-refractivity contribution is -0.384. The Morgan fingerprint density at radius 2 is 1.43 bits per heavy atom. The fraction of sp³-hybridized carbons (Fsp3) is 0.684. The maximum absolute atomic E-state index is 10.9. The minimum atomic E-state index is -0.318. The highest BCUT2D eigenvalue weighted by molar-refractivity contribution is 5.48. The zero-order chi connectivity index (χ0) is 17.1. The molecule has 0 aliphatic carbocycles. The Kier molecular flexibility index (Phi) is 8.85. The first-order valence-electron chi connectivity index (χ1n) is 9.20. The van der Waals surface area contributed by atoms with Crippen molar-refractivity contribution in [3.05, 3.63) is 34.4 Å². The standard InChI is InChI=1S/C19H33N2O2/c1-4-7-9-10-11-17-21(6-3,16-8-5-2)19-14-12-18(13-15-19)20(22)23/h12-15H,4-11,16-17H2,1-3H3/q+1. The number of benzene rings is 1. The Morgan fingerprint density at radius 3 is 1.96 bits per heavy atom. The van der Waals surface area contributed by atoms with Crippen LogP contribution in [0.15, 0.2) is 24.3 Å². The predicted octanol–water partition coefficient (Wildman–Crippen LogP) is 5.69. The summed E-state index contributed by atoms with van der Waals surface area (Å²) in [5.74, 6) is 0. The topological polar surface area (TPSA) is 43.1 Å². The summed E-state index contributed by atoms with van der Waals surface area (Å²) in [6, 6.07) is 7.23. The van der Waals surface area contributed by atoms with Gasteiger partial charge in [-0.15, -0.1) is 0 Å². The summed E-state index contributed by atoms with van der Waals surface area (Å²) in [6.07, 6.45) is 8.79. The van der Waals surface area contributed by atoms with Gasteiger partial charge in [0.15, 0.2) is 0 Å². The van der Waals surface area contributed by atoms with Gasteiger partial charge in [0.2, 0.25) is 0 Å². The van der Waals surface area contributed by atoms with Crippen molar-refractivity contribution in [1.29, 1.82) is 0 Å². The van der Waals surface area contributed by atoms with E-state index in [-0.39, 0.29) is 10.6 Å². The third-order valence-electron chi connectivity index (χ3n) is 4.84. The molecule has 130 valence electrons. The van der Waals surface area contributed by atoms with Gasteiger partial charge in [-0.3, -0.25) is 14.6 Å². The zero-order valence-electron chi connectivity index (χ0n) is 15.1. The molecule has 1 unspecified atom stereocenters. The van der Waals surface area contributed by atoms with Crippen LogP contribution in [0.3, 0.4) is 0 Å². The smallest absolute Gasteiger partial charge is 0.269 e. The van der Waals surface area contributed by atoms with E-state index in [9.17, 15) is 10.1 Å². The summed E-state index contributed by atoms with van der Waals surface area (Å²) in [6.45, 7) is 10.0. The molecule has 1 aromatic carbocycles. The van der Waals surface area contributed by atoms with Gasteiger partial charge in [-0.25, -0.2) is 0 Å². The predicted molar refractivity (Wildman–Crippen MR) is 98.8 cm³/mol. The van der Waals surface area contributed by atoms with Gasteiger partial charge >= 0.3 is 0 Å². The van der Waals surface area contributed by atoms with Gasteiger partial charge < -0.3 is 0 Å². The van der Waals surface area contributed by atoms with Crippen LogP contribution in [0.25, 0.3) is 0 Å². The van der Waals surface area contributed by atoms with Gasteiger partial charge in [0, 0.05) is 24.3 Å². The van der Waals surface area contributed by atoms with Crippen molar-refractivity contribution in [3.63, 3.8) is 0 Å². The van der Waals surface area contributed by atoms with E-state index in [1.807, 2.05) is 12.1 Å². The second kappa shape index (κ2) is 10.4. The number of hydrogen-bond donors (Lipinski definition) is 0. The van der Waals surface area contributed by atoms with Gasteiger partial charge in [0.1, 0.15) is 5.69 Å². The van der Waals surface area contributed by atoms with Gasteiger partial charge in [-0.1, -0.05) is 39.5 Å². The number of non-ortho nitro benzene ring substituents is 1. The lowest BCUT2D eigenvalue weighted by Gasteiger charge is -2.37. The Labute approximate surface area is 141 Å². The highest BCUT2D eigenvalue weighted by Gasteiger charge is 2.28. The van der Waals surface area contributed by atoms with Crippen molar-refractivity contribution in [2.24, 2.45) is 0 Å². The average molecular weight is 321 g/mol. The summed E-state index contributed by atoms with van der Waals surface area (Å²) in [5, 5.41) is 10.9. The Hall–Kier alpha value is -1.42. The first kappa shape index (κ1) is 19.6. The van der Waals surface area contributed by atoms with Crippen molar-refractivity contribution < 1.29 is 4.92 Å². The molecule has 23 heavy (non-hydrogen) atoms. The van der Waals surface area contributed by atoms with E-state index in [2.05, 4.69) is 20.8 Å². The van der Waals surface area contributed by atoms with E-state index < -0.39 is 0 Å². The van der Waals surface area contributed by atoms with Crippen LogP contribution in [0.4, 0.5) is 11.4 Å². The normalized spacial score (nSPS) is 13.7. The van der Waals surface area contributed by atoms with Crippen molar-refractivity contribution in [2.75, 3.05) is 19.6 Å². The number of nitrogens with zero attached hydrogens (tertiary/aromatic N) is 2. The molecule has 0 amide bonds. The molecule has 0 spiro atoms. The fourth-order valence-electron chi connectivity index (χ4n) is 3.24. The van der Waals surface area contributed by atoms with Crippen LogP contribution in [-0.2, 0) is 0 Å². The van der Waals surface area contributed by atoms with E-state index in [1.54, 1.807) is 12.1 Å². The third-order valence-corrected chi connectivity index (χ3v) is 4.84. The first-order chi connectivity index (χ1) is 11.1. The van der Waals surface area contributed by atoms with Crippen LogP contribution < -0.4 is 4.48 Å². The number of hydrogen-bond acceptors (Lipinski definition) is 2. The van der Waals surface area contributed by atoms with Crippen LogP contribution in [0.2, 0.25) is 0 Å². The quantitative estimate of drug-likeness (QED) is 0.215. The molecular weight excluding hydrogens is 288 g/mol.